The van der Waals surface area contributed by atoms with Crippen LogP contribution >= 0.6 is 11.6 Å². The van der Waals surface area contributed by atoms with Crippen LogP contribution in [0.5, 0.6) is 17.2 Å². The van der Waals surface area contributed by atoms with Crippen molar-refractivity contribution in [2.24, 2.45) is 0 Å². The highest BCUT2D eigenvalue weighted by molar-refractivity contribution is 6.30. The third-order valence-electron chi connectivity index (χ3n) is 6.09. The monoisotopic (exact) mass is 504 g/mol. The van der Waals surface area contributed by atoms with Gasteiger partial charge in [0.05, 0.1) is 32.6 Å². The maximum Gasteiger partial charge on any atom is 0.253 e. The first-order valence-corrected chi connectivity index (χ1v) is 11.9. The number of amides is 1. The standard InChI is InChI=1S/C29H29ClN2O4/c1-19-25(29(33)31-15-14-20-8-13-27(35-3)28(16-20)36-4)18-26(21-9-11-22(30)12-10-21)32(19)23-6-5-7-24(17-23)34-2/h5-13,16-18H,14-15H2,1-4H3,(H,31,33). The summed E-state index contributed by atoms with van der Waals surface area (Å²) in [7, 11) is 4.85. The number of ether oxygens (including phenoxy) is 3. The van der Waals surface area contributed by atoms with Gasteiger partial charge in [0, 0.05) is 29.0 Å². The molecule has 186 valence electrons. The third-order valence-corrected chi connectivity index (χ3v) is 6.34. The summed E-state index contributed by atoms with van der Waals surface area (Å²) in [6.45, 7) is 2.43. The lowest BCUT2D eigenvalue weighted by Crippen LogP contribution is -2.26. The molecule has 6 nitrogen and oxygen atoms in total. The zero-order chi connectivity index (χ0) is 25.7. The average Bonchev–Trinajstić information content (AvgIpc) is 3.25. The van der Waals surface area contributed by atoms with E-state index in [9.17, 15) is 4.79 Å². The Kier molecular flexibility index (Phi) is 7.86. The van der Waals surface area contributed by atoms with Gasteiger partial charge in [0.2, 0.25) is 0 Å². The minimum absolute atomic E-state index is 0.134. The molecule has 0 aliphatic heterocycles. The predicted octanol–water partition coefficient (Wildman–Crippen LogP) is 6.10. The molecule has 1 amide bonds. The van der Waals surface area contributed by atoms with E-state index < -0.39 is 0 Å². The number of carbonyl (C=O) groups excluding carboxylic acids is 1. The first-order valence-electron chi connectivity index (χ1n) is 11.6. The molecule has 0 spiro atoms. The number of halogens is 1. The van der Waals surface area contributed by atoms with Crippen molar-refractivity contribution in [2.75, 3.05) is 27.9 Å². The van der Waals surface area contributed by atoms with Crippen molar-refractivity contribution in [2.45, 2.75) is 13.3 Å². The number of hydrogen-bond donors (Lipinski definition) is 1. The largest absolute Gasteiger partial charge is 0.497 e. The van der Waals surface area contributed by atoms with Crippen molar-refractivity contribution < 1.29 is 19.0 Å². The van der Waals surface area contributed by atoms with Crippen LogP contribution in [0.25, 0.3) is 16.9 Å². The molecule has 0 saturated carbocycles. The van der Waals surface area contributed by atoms with E-state index in [1.54, 1.807) is 21.3 Å². The number of nitrogens with one attached hydrogen (secondary N) is 1. The van der Waals surface area contributed by atoms with Crippen molar-refractivity contribution in [3.8, 4) is 34.2 Å². The Hall–Kier alpha value is -3.90. The van der Waals surface area contributed by atoms with E-state index in [1.165, 1.54) is 0 Å². The lowest BCUT2D eigenvalue weighted by Gasteiger charge is -2.14. The summed E-state index contributed by atoms with van der Waals surface area (Å²) in [6, 6.07) is 23.0. The molecule has 0 aliphatic rings. The normalized spacial score (nSPS) is 10.7. The van der Waals surface area contributed by atoms with E-state index in [1.807, 2.05) is 79.7 Å². The molecule has 7 heteroatoms. The fourth-order valence-electron chi connectivity index (χ4n) is 4.20. The molecular formula is C29H29ClN2O4. The van der Waals surface area contributed by atoms with Crippen molar-refractivity contribution in [3.05, 3.63) is 94.6 Å². The van der Waals surface area contributed by atoms with E-state index in [4.69, 9.17) is 25.8 Å². The highest BCUT2D eigenvalue weighted by atomic mass is 35.5. The fraction of sp³-hybridized carbons (Fsp3) is 0.207. The van der Waals surface area contributed by atoms with Gasteiger partial charge >= 0.3 is 0 Å². The van der Waals surface area contributed by atoms with Gasteiger partial charge in [-0.25, -0.2) is 0 Å². The number of rotatable bonds is 9. The highest BCUT2D eigenvalue weighted by Gasteiger charge is 2.20. The third kappa shape index (κ3) is 5.34. The van der Waals surface area contributed by atoms with Crippen molar-refractivity contribution in [1.82, 2.24) is 9.88 Å². The number of hydrogen-bond acceptors (Lipinski definition) is 4. The summed E-state index contributed by atoms with van der Waals surface area (Å²) in [5.74, 6) is 1.95. The van der Waals surface area contributed by atoms with Crippen molar-refractivity contribution in [1.29, 1.82) is 0 Å². The molecule has 4 rings (SSSR count). The Balaban J connectivity index is 1.61. The van der Waals surface area contributed by atoms with Gasteiger partial charge in [-0.2, -0.15) is 0 Å². The van der Waals surface area contributed by atoms with Gasteiger partial charge in [0.25, 0.3) is 5.91 Å². The number of carbonyl (C=O) groups is 1. The van der Waals surface area contributed by atoms with E-state index >= 15 is 0 Å². The van der Waals surface area contributed by atoms with Crippen LogP contribution in [0.4, 0.5) is 0 Å². The Morgan fingerprint density at radius 3 is 2.33 bits per heavy atom. The first kappa shape index (κ1) is 25.2. The summed E-state index contributed by atoms with van der Waals surface area (Å²) in [5, 5.41) is 3.71. The second kappa shape index (κ2) is 11.2. The molecule has 0 saturated heterocycles. The lowest BCUT2D eigenvalue weighted by atomic mass is 10.1. The zero-order valence-electron chi connectivity index (χ0n) is 20.8. The molecular weight excluding hydrogens is 476 g/mol. The number of aromatic nitrogens is 1. The van der Waals surface area contributed by atoms with E-state index in [-0.39, 0.29) is 5.91 Å². The van der Waals surface area contributed by atoms with Crippen LogP contribution in [0.15, 0.2) is 72.8 Å². The smallest absolute Gasteiger partial charge is 0.253 e. The molecule has 1 heterocycles. The van der Waals surface area contributed by atoms with Crippen LogP contribution in [0, 0.1) is 6.92 Å². The van der Waals surface area contributed by atoms with Gasteiger partial charge in [-0.05, 0) is 66.9 Å². The second-order valence-corrected chi connectivity index (χ2v) is 8.70. The maximum atomic E-state index is 13.3. The van der Waals surface area contributed by atoms with Crippen LogP contribution in [0.2, 0.25) is 5.02 Å². The SMILES string of the molecule is COc1cccc(-n2c(-c3ccc(Cl)cc3)cc(C(=O)NCCc3ccc(OC)c(OC)c3)c2C)c1. The molecule has 0 unspecified atom stereocenters. The van der Waals surface area contributed by atoms with E-state index in [2.05, 4.69) is 9.88 Å². The maximum absolute atomic E-state index is 13.3. The van der Waals surface area contributed by atoms with Gasteiger partial charge < -0.3 is 24.1 Å². The Labute approximate surface area is 216 Å². The average molecular weight is 505 g/mol. The summed E-state index contributed by atoms with van der Waals surface area (Å²) < 4.78 is 18.2. The van der Waals surface area contributed by atoms with Gasteiger partial charge in [-0.15, -0.1) is 0 Å². The Bertz CT molecular complexity index is 1360. The van der Waals surface area contributed by atoms with Crippen LogP contribution < -0.4 is 19.5 Å². The van der Waals surface area contributed by atoms with Gasteiger partial charge in [0.1, 0.15) is 5.75 Å². The summed E-state index contributed by atoms with van der Waals surface area (Å²) >= 11 is 6.12. The van der Waals surface area contributed by atoms with E-state index in [0.717, 1.165) is 34.0 Å². The van der Waals surface area contributed by atoms with Gasteiger partial charge in [-0.1, -0.05) is 35.9 Å². The molecule has 1 N–H and O–H groups in total. The Morgan fingerprint density at radius 2 is 1.64 bits per heavy atom. The predicted molar refractivity (Wildman–Crippen MR) is 143 cm³/mol. The molecule has 1 aromatic heterocycles. The lowest BCUT2D eigenvalue weighted by molar-refractivity contribution is 0.0953. The highest BCUT2D eigenvalue weighted by Crippen LogP contribution is 2.32. The van der Waals surface area contributed by atoms with Crippen molar-refractivity contribution >= 4 is 17.5 Å². The van der Waals surface area contributed by atoms with Crippen LogP contribution in [0.3, 0.4) is 0 Å². The molecule has 0 fully saturated rings. The minimum Gasteiger partial charge on any atom is -0.497 e. The summed E-state index contributed by atoms with van der Waals surface area (Å²) in [5.41, 5.74) is 5.23. The van der Waals surface area contributed by atoms with Gasteiger partial charge in [0.15, 0.2) is 11.5 Å². The van der Waals surface area contributed by atoms with Gasteiger partial charge in [-0.3, -0.25) is 4.79 Å². The molecule has 0 bridgehead atoms. The Morgan fingerprint density at radius 1 is 0.889 bits per heavy atom. The summed E-state index contributed by atoms with van der Waals surface area (Å²) in [6.07, 6.45) is 0.659. The van der Waals surface area contributed by atoms with Crippen LogP contribution in [-0.4, -0.2) is 38.3 Å². The molecule has 0 radical (unpaired) electrons. The number of methoxy groups -OCH3 is 3. The molecule has 0 aliphatic carbocycles. The molecule has 36 heavy (non-hydrogen) atoms. The summed E-state index contributed by atoms with van der Waals surface area (Å²) in [4.78, 5) is 13.3. The topological polar surface area (TPSA) is 61.7 Å². The van der Waals surface area contributed by atoms with Crippen molar-refractivity contribution in [3.63, 3.8) is 0 Å². The second-order valence-electron chi connectivity index (χ2n) is 8.27. The number of benzene rings is 3. The molecule has 4 aromatic rings. The van der Waals surface area contributed by atoms with Crippen LogP contribution in [0.1, 0.15) is 21.6 Å². The minimum atomic E-state index is -0.134. The first-order chi connectivity index (χ1) is 17.4. The van der Waals surface area contributed by atoms with E-state index in [0.29, 0.717) is 35.1 Å². The fourth-order valence-corrected chi connectivity index (χ4v) is 4.33. The molecule has 0 atom stereocenters. The number of nitrogens with zero attached hydrogens (tertiary/aromatic N) is 1. The molecule has 3 aromatic carbocycles. The zero-order valence-corrected chi connectivity index (χ0v) is 21.6. The van der Waals surface area contributed by atoms with Crippen LogP contribution in [-0.2, 0) is 6.42 Å². The quantitative estimate of drug-likeness (QED) is 0.299.